The summed E-state index contributed by atoms with van der Waals surface area (Å²) in [5, 5.41) is 0.661. The number of fused-ring (bicyclic) bond motifs is 1. The first kappa shape index (κ1) is 22.8. The van der Waals surface area contributed by atoms with Gasteiger partial charge in [0.05, 0.1) is 18.3 Å². The highest BCUT2D eigenvalue weighted by Gasteiger charge is 2.30. The summed E-state index contributed by atoms with van der Waals surface area (Å²) in [4.78, 5) is 20.7. The molecule has 1 saturated heterocycles. The number of rotatable bonds is 6. The van der Waals surface area contributed by atoms with Crippen LogP contribution in [-0.4, -0.2) is 54.0 Å². The topological polar surface area (TPSA) is 56.6 Å². The normalized spacial score (nSPS) is 18.5. The summed E-state index contributed by atoms with van der Waals surface area (Å²) < 4.78 is 27.1. The molecule has 0 radical (unpaired) electrons. The van der Waals surface area contributed by atoms with Gasteiger partial charge in [0.15, 0.2) is 11.5 Å². The molecular formula is C25H23ClFN3O3S. The van der Waals surface area contributed by atoms with E-state index in [1.165, 1.54) is 22.2 Å². The van der Waals surface area contributed by atoms with Crippen molar-refractivity contribution in [3.63, 3.8) is 0 Å². The molecule has 0 aliphatic carbocycles. The number of hydrogen-bond acceptors (Lipinski definition) is 6. The molecule has 2 atom stereocenters. The SMILES string of the molecule is COc1cc(-n2cnc3cc(-c4ccc(Cl)cc4)sc3c2=O)ccc1OC[C@@H]1C[C@H](F)CN1C. The van der Waals surface area contributed by atoms with E-state index in [1.54, 1.807) is 25.3 Å². The maximum Gasteiger partial charge on any atom is 0.275 e. The summed E-state index contributed by atoms with van der Waals surface area (Å²) >= 11 is 7.39. The van der Waals surface area contributed by atoms with Gasteiger partial charge >= 0.3 is 0 Å². The van der Waals surface area contributed by atoms with Crippen molar-refractivity contribution in [3.05, 3.63) is 70.2 Å². The van der Waals surface area contributed by atoms with Gasteiger partial charge in [-0.3, -0.25) is 14.3 Å². The zero-order valence-electron chi connectivity index (χ0n) is 18.7. The van der Waals surface area contributed by atoms with Crippen LogP contribution in [-0.2, 0) is 0 Å². The highest BCUT2D eigenvalue weighted by molar-refractivity contribution is 7.22. The maximum atomic E-state index is 13.6. The number of benzene rings is 2. The van der Waals surface area contributed by atoms with Gasteiger partial charge in [0.25, 0.3) is 5.56 Å². The molecule has 2 aromatic heterocycles. The molecule has 5 rings (SSSR count). The Labute approximate surface area is 205 Å². The van der Waals surface area contributed by atoms with Gasteiger partial charge in [0.2, 0.25) is 0 Å². The number of likely N-dealkylation sites (N-methyl/N-ethyl adjacent to an activating group) is 1. The summed E-state index contributed by atoms with van der Waals surface area (Å²) in [5.41, 5.74) is 2.09. The van der Waals surface area contributed by atoms with Gasteiger partial charge in [-0.05, 0) is 49.4 Å². The molecule has 6 nitrogen and oxygen atoms in total. The van der Waals surface area contributed by atoms with Crippen LogP contribution in [0.5, 0.6) is 11.5 Å². The van der Waals surface area contributed by atoms with Crippen LogP contribution in [0, 0.1) is 0 Å². The molecule has 34 heavy (non-hydrogen) atoms. The Morgan fingerprint density at radius 2 is 1.97 bits per heavy atom. The highest BCUT2D eigenvalue weighted by Crippen LogP contribution is 2.33. The number of nitrogens with zero attached hydrogens (tertiary/aromatic N) is 3. The van der Waals surface area contributed by atoms with Gasteiger partial charge < -0.3 is 9.47 Å². The molecule has 1 aliphatic heterocycles. The minimum Gasteiger partial charge on any atom is -0.493 e. The zero-order chi connectivity index (χ0) is 23.8. The van der Waals surface area contributed by atoms with E-state index in [-0.39, 0.29) is 11.6 Å². The van der Waals surface area contributed by atoms with E-state index < -0.39 is 6.17 Å². The van der Waals surface area contributed by atoms with Gasteiger partial charge in [-0.1, -0.05) is 23.7 Å². The van der Waals surface area contributed by atoms with Crippen molar-refractivity contribution >= 4 is 33.2 Å². The number of likely N-dealkylation sites (tertiary alicyclic amines) is 1. The van der Waals surface area contributed by atoms with Gasteiger partial charge in [0.1, 0.15) is 23.8 Å². The fourth-order valence-corrected chi connectivity index (χ4v) is 5.34. The molecule has 1 aliphatic rings. The van der Waals surface area contributed by atoms with E-state index in [0.29, 0.717) is 52.0 Å². The standard InChI is InChI=1S/C25H23ClFN3O3S/c1-29-12-17(27)9-19(29)13-33-21-8-7-18(10-22(21)32-2)30-14-28-20-11-23(34-24(20)25(30)31)15-3-5-16(26)6-4-15/h3-8,10-11,14,17,19H,9,12-13H2,1-2H3/t17-,19-/m0/s1. The third kappa shape index (κ3) is 4.41. The molecule has 0 amide bonds. The van der Waals surface area contributed by atoms with Crippen LogP contribution in [0.15, 0.2) is 59.7 Å². The van der Waals surface area contributed by atoms with Crippen LogP contribution < -0.4 is 15.0 Å². The Morgan fingerprint density at radius 1 is 1.18 bits per heavy atom. The number of alkyl halides is 1. The Morgan fingerprint density at radius 3 is 2.68 bits per heavy atom. The third-order valence-corrected chi connectivity index (χ3v) is 7.47. The number of halogens is 2. The lowest BCUT2D eigenvalue weighted by atomic mass is 10.2. The number of hydrogen-bond donors (Lipinski definition) is 0. The molecule has 2 aromatic carbocycles. The van der Waals surface area contributed by atoms with Gasteiger partial charge in [0, 0.05) is 28.6 Å². The molecule has 0 spiro atoms. The number of aromatic nitrogens is 2. The lowest BCUT2D eigenvalue weighted by Gasteiger charge is -2.20. The first-order valence-corrected chi connectivity index (χ1v) is 12.0. The van der Waals surface area contributed by atoms with E-state index in [2.05, 4.69) is 4.98 Å². The van der Waals surface area contributed by atoms with Crippen LogP contribution in [0.3, 0.4) is 0 Å². The van der Waals surface area contributed by atoms with Crippen molar-refractivity contribution < 1.29 is 13.9 Å². The Balaban J connectivity index is 1.43. The average molecular weight is 500 g/mol. The highest BCUT2D eigenvalue weighted by atomic mass is 35.5. The predicted octanol–water partition coefficient (Wildman–Crippen LogP) is 5.20. The van der Waals surface area contributed by atoms with Crippen LogP contribution in [0.1, 0.15) is 6.42 Å². The van der Waals surface area contributed by atoms with Crippen molar-refractivity contribution in [1.82, 2.24) is 14.5 Å². The second kappa shape index (κ2) is 9.37. The van der Waals surface area contributed by atoms with E-state index in [1.807, 2.05) is 42.3 Å². The second-order valence-corrected chi connectivity index (χ2v) is 9.81. The lowest BCUT2D eigenvalue weighted by Crippen LogP contribution is -2.30. The summed E-state index contributed by atoms with van der Waals surface area (Å²) in [6, 6.07) is 14.7. The van der Waals surface area contributed by atoms with Crippen molar-refractivity contribution in [1.29, 1.82) is 0 Å². The average Bonchev–Trinajstić information content (AvgIpc) is 3.41. The first-order chi connectivity index (χ1) is 16.4. The molecule has 0 unspecified atom stereocenters. The summed E-state index contributed by atoms with van der Waals surface area (Å²) in [6.45, 7) is 0.785. The van der Waals surface area contributed by atoms with Crippen LogP contribution in [0.25, 0.3) is 26.3 Å². The van der Waals surface area contributed by atoms with Gasteiger partial charge in [-0.15, -0.1) is 11.3 Å². The molecule has 4 aromatic rings. The lowest BCUT2D eigenvalue weighted by molar-refractivity contribution is 0.193. The first-order valence-electron chi connectivity index (χ1n) is 10.9. The molecule has 0 bridgehead atoms. The largest absolute Gasteiger partial charge is 0.493 e. The van der Waals surface area contributed by atoms with Crippen molar-refractivity contribution in [2.45, 2.75) is 18.6 Å². The Hall–Kier alpha value is -2.94. The van der Waals surface area contributed by atoms with Gasteiger partial charge in [-0.2, -0.15) is 0 Å². The zero-order valence-corrected chi connectivity index (χ0v) is 20.3. The predicted molar refractivity (Wildman–Crippen MR) is 134 cm³/mol. The van der Waals surface area contributed by atoms with E-state index in [4.69, 9.17) is 21.1 Å². The molecule has 0 N–H and O–H groups in total. The quantitative estimate of drug-likeness (QED) is 0.365. The molecule has 1 fully saturated rings. The van der Waals surface area contributed by atoms with Crippen molar-refractivity contribution in [2.24, 2.45) is 0 Å². The van der Waals surface area contributed by atoms with Crippen molar-refractivity contribution in [2.75, 3.05) is 27.3 Å². The Kier molecular flexibility index (Phi) is 6.29. The van der Waals surface area contributed by atoms with Crippen LogP contribution >= 0.6 is 22.9 Å². The van der Waals surface area contributed by atoms with E-state index in [0.717, 1.165) is 10.4 Å². The monoisotopic (exact) mass is 499 g/mol. The van der Waals surface area contributed by atoms with Crippen molar-refractivity contribution in [3.8, 4) is 27.6 Å². The molecule has 9 heteroatoms. The maximum absolute atomic E-state index is 13.6. The molecular weight excluding hydrogens is 477 g/mol. The fourth-order valence-electron chi connectivity index (χ4n) is 4.17. The minimum absolute atomic E-state index is 0.0160. The van der Waals surface area contributed by atoms with E-state index >= 15 is 0 Å². The van der Waals surface area contributed by atoms with E-state index in [9.17, 15) is 9.18 Å². The minimum atomic E-state index is -0.824. The smallest absolute Gasteiger partial charge is 0.275 e. The number of thiophene rings is 1. The number of methoxy groups -OCH3 is 1. The summed E-state index contributed by atoms with van der Waals surface area (Å²) in [7, 11) is 3.44. The fraction of sp³-hybridized carbons (Fsp3) is 0.280. The molecule has 3 heterocycles. The van der Waals surface area contributed by atoms with Crippen LogP contribution in [0.4, 0.5) is 4.39 Å². The molecule has 0 saturated carbocycles. The third-order valence-electron chi connectivity index (χ3n) is 6.06. The summed E-state index contributed by atoms with van der Waals surface area (Å²) in [6.07, 6.45) is 1.15. The molecule has 176 valence electrons. The number of ether oxygens (including phenoxy) is 2. The van der Waals surface area contributed by atoms with Crippen LogP contribution in [0.2, 0.25) is 5.02 Å². The second-order valence-electron chi connectivity index (χ2n) is 8.32. The van der Waals surface area contributed by atoms with Gasteiger partial charge in [-0.25, -0.2) is 9.37 Å². The Bertz CT molecular complexity index is 1390. The summed E-state index contributed by atoms with van der Waals surface area (Å²) in [5.74, 6) is 1.04.